The zero-order chi connectivity index (χ0) is 22.1. The van der Waals surface area contributed by atoms with E-state index in [1.165, 1.54) is 6.07 Å². The van der Waals surface area contributed by atoms with Gasteiger partial charge in [-0.2, -0.15) is 10.2 Å². The van der Waals surface area contributed by atoms with Crippen LogP contribution >= 0.6 is 11.6 Å². The lowest BCUT2D eigenvalue weighted by Gasteiger charge is -2.08. The van der Waals surface area contributed by atoms with Crippen LogP contribution in [-0.4, -0.2) is 25.5 Å². The van der Waals surface area contributed by atoms with Gasteiger partial charge >= 0.3 is 0 Å². The second kappa shape index (κ2) is 8.35. The zero-order valence-corrected chi connectivity index (χ0v) is 18.1. The molecule has 0 fully saturated rings. The van der Waals surface area contributed by atoms with E-state index in [0.717, 1.165) is 17.1 Å². The summed E-state index contributed by atoms with van der Waals surface area (Å²) < 4.78 is 17.5. The standard InChI is InChI=1S/C23H21ClFN5O/c1-14-12-21(28-29(14)13-18-19(24)10-7-11-20(18)25)26-23(31)22-15(2)27-30(16(22)3)17-8-5-4-6-9-17/h4-12H,13H2,1-3H3,(H,26,28,31). The Morgan fingerprint density at radius 3 is 2.52 bits per heavy atom. The molecule has 4 aromatic rings. The number of carbonyl (C=O) groups excluding carboxylic acids is 1. The largest absolute Gasteiger partial charge is 0.305 e. The average Bonchev–Trinajstić information content (AvgIpc) is 3.23. The molecule has 8 heteroatoms. The Morgan fingerprint density at radius 2 is 1.81 bits per heavy atom. The second-order valence-electron chi connectivity index (χ2n) is 7.28. The zero-order valence-electron chi connectivity index (χ0n) is 17.4. The molecule has 0 saturated carbocycles. The van der Waals surface area contributed by atoms with Crippen LogP contribution in [0.3, 0.4) is 0 Å². The average molecular weight is 438 g/mol. The summed E-state index contributed by atoms with van der Waals surface area (Å²) >= 11 is 6.13. The fourth-order valence-electron chi connectivity index (χ4n) is 3.54. The molecule has 158 valence electrons. The predicted octanol–water partition coefficient (Wildman–Crippen LogP) is 5.09. The van der Waals surface area contributed by atoms with Gasteiger partial charge in [0.2, 0.25) is 0 Å². The minimum absolute atomic E-state index is 0.164. The molecule has 0 atom stereocenters. The highest BCUT2D eigenvalue weighted by atomic mass is 35.5. The van der Waals surface area contributed by atoms with Gasteiger partial charge < -0.3 is 5.32 Å². The smallest absolute Gasteiger partial charge is 0.260 e. The number of para-hydroxylation sites is 1. The number of carbonyl (C=O) groups is 1. The van der Waals surface area contributed by atoms with Gasteiger partial charge in [0.05, 0.1) is 29.2 Å². The van der Waals surface area contributed by atoms with Crippen LogP contribution in [-0.2, 0) is 6.54 Å². The summed E-state index contributed by atoms with van der Waals surface area (Å²) in [6.45, 7) is 5.65. The van der Waals surface area contributed by atoms with Crippen LogP contribution in [0.1, 0.15) is 33.0 Å². The van der Waals surface area contributed by atoms with Crippen molar-refractivity contribution < 1.29 is 9.18 Å². The minimum atomic E-state index is -0.396. The molecule has 0 aliphatic heterocycles. The number of benzene rings is 2. The molecule has 0 unspecified atom stereocenters. The highest BCUT2D eigenvalue weighted by Gasteiger charge is 2.21. The van der Waals surface area contributed by atoms with E-state index in [1.54, 1.807) is 34.5 Å². The summed E-state index contributed by atoms with van der Waals surface area (Å²) in [6.07, 6.45) is 0. The Hall–Kier alpha value is -3.45. The van der Waals surface area contributed by atoms with Crippen molar-refractivity contribution in [2.45, 2.75) is 27.3 Å². The van der Waals surface area contributed by atoms with Gasteiger partial charge in [0.25, 0.3) is 5.91 Å². The van der Waals surface area contributed by atoms with Crippen LogP contribution in [0.4, 0.5) is 10.2 Å². The Kier molecular flexibility index (Phi) is 5.61. The number of anilines is 1. The third kappa shape index (κ3) is 4.09. The van der Waals surface area contributed by atoms with Crippen LogP contribution in [0.5, 0.6) is 0 Å². The first kappa shape index (κ1) is 20.8. The number of amides is 1. The maximum Gasteiger partial charge on any atom is 0.260 e. The van der Waals surface area contributed by atoms with Gasteiger partial charge in [-0.05, 0) is 45.0 Å². The maximum atomic E-state index is 14.1. The van der Waals surface area contributed by atoms with Crippen molar-refractivity contribution in [1.82, 2.24) is 19.6 Å². The fourth-order valence-corrected chi connectivity index (χ4v) is 3.76. The van der Waals surface area contributed by atoms with Crippen molar-refractivity contribution in [2.75, 3.05) is 5.32 Å². The Morgan fingerprint density at radius 1 is 1.06 bits per heavy atom. The number of aromatic nitrogens is 4. The first-order chi connectivity index (χ1) is 14.8. The highest BCUT2D eigenvalue weighted by molar-refractivity contribution is 6.31. The van der Waals surface area contributed by atoms with E-state index in [4.69, 9.17) is 11.6 Å². The van der Waals surface area contributed by atoms with E-state index in [0.29, 0.717) is 27.7 Å². The van der Waals surface area contributed by atoms with Crippen LogP contribution in [0.25, 0.3) is 5.69 Å². The molecule has 0 saturated heterocycles. The van der Waals surface area contributed by atoms with Crippen molar-refractivity contribution in [1.29, 1.82) is 0 Å². The van der Waals surface area contributed by atoms with Crippen molar-refractivity contribution >= 4 is 23.3 Å². The molecule has 0 aliphatic carbocycles. The quantitative estimate of drug-likeness (QED) is 0.473. The van der Waals surface area contributed by atoms with E-state index in [-0.39, 0.29) is 12.5 Å². The van der Waals surface area contributed by atoms with Gasteiger partial charge in [0, 0.05) is 22.3 Å². The summed E-state index contributed by atoms with van der Waals surface area (Å²) in [5.41, 5.74) is 3.84. The van der Waals surface area contributed by atoms with Crippen molar-refractivity contribution in [2.24, 2.45) is 0 Å². The molecule has 1 amide bonds. The van der Waals surface area contributed by atoms with Gasteiger partial charge in [-0.15, -0.1) is 0 Å². The Balaban J connectivity index is 1.58. The Labute approximate surface area is 184 Å². The molecule has 6 nitrogen and oxygen atoms in total. The fraction of sp³-hybridized carbons (Fsp3) is 0.174. The van der Waals surface area contributed by atoms with Crippen LogP contribution in [0.2, 0.25) is 5.02 Å². The lowest BCUT2D eigenvalue weighted by atomic mass is 10.2. The molecule has 2 aromatic heterocycles. The third-order valence-corrected chi connectivity index (χ3v) is 5.47. The van der Waals surface area contributed by atoms with Gasteiger partial charge in [0.1, 0.15) is 5.82 Å². The number of aryl methyl sites for hydroxylation is 2. The first-order valence-corrected chi connectivity index (χ1v) is 10.1. The highest BCUT2D eigenvalue weighted by Crippen LogP contribution is 2.22. The molecule has 31 heavy (non-hydrogen) atoms. The molecule has 0 bridgehead atoms. The SMILES string of the molecule is Cc1nn(-c2ccccc2)c(C)c1C(=O)Nc1cc(C)n(Cc2c(F)cccc2Cl)n1. The van der Waals surface area contributed by atoms with E-state index in [2.05, 4.69) is 15.5 Å². The first-order valence-electron chi connectivity index (χ1n) is 9.75. The van der Waals surface area contributed by atoms with Crippen LogP contribution < -0.4 is 5.32 Å². The van der Waals surface area contributed by atoms with Gasteiger partial charge in [-0.3, -0.25) is 9.48 Å². The molecular weight excluding hydrogens is 417 g/mol. The van der Waals surface area contributed by atoms with Crippen molar-refractivity contribution in [3.63, 3.8) is 0 Å². The van der Waals surface area contributed by atoms with Gasteiger partial charge in [-0.1, -0.05) is 35.9 Å². The monoisotopic (exact) mass is 437 g/mol. The lowest BCUT2D eigenvalue weighted by Crippen LogP contribution is -2.15. The summed E-state index contributed by atoms with van der Waals surface area (Å²) in [4.78, 5) is 13.0. The van der Waals surface area contributed by atoms with Crippen LogP contribution in [0, 0.1) is 26.6 Å². The van der Waals surface area contributed by atoms with Crippen molar-refractivity contribution in [3.8, 4) is 5.69 Å². The Bertz CT molecular complexity index is 1240. The summed E-state index contributed by atoms with van der Waals surface area (Å²) in [5, 5.41) is 12.1. The van der Waals surface area contributed by atoms with Gasteiger partial charge in [-0.25, -0.2) is 9.07 Å². The number of rotatable bonds is 5. The van der Waals surface area contributed by atoms with E-state index in [1.807, 2.05) is 44.2 Å². The molecular formula is C23H21ClFN5O. The topological polar surface area (TPSA) is 64.7 Å². The van der Waals surface area contributed by atoms with Crippen molar-refractivity contribution in [3.05, 3.63) is 93.6 Å². The maximum absolute atomic E-state index is 14.1. The number of hydrogen-bond donors (Lipinski definition) is 1. The third-order valence-electron chi connectivity index (χ3n) is 5.11. The summed E-state index contributed by atoms with van der Waals surface area (Å²) in [7, 11) is 0. The van der Waals surface area contributed by atoms with Crippen LogP contribution in [0.15, 0.2) is 54.6 Å². The number of nitrogens with one attached hydrogen (secondary N) is 1. The summed E-state index contributed by atoms with van der Waals surface area (Å²) in [6, 6.07) is 15.9. The minimum Gasteiger partial charge on any atom is -0.305 e. The van der Waals surface area contributed by atoms with Gasteiger partial charge in [0.15, 0.2) is 5.82 Å². The second-order valence-corrected chi connectivity index (χ2v) is 7.68. The lowest BCUT2D eigenvalue weighted by molar-refractivity contribution is 0.102. The molecule has 1 N–H and O–H groups in total. The van der Waals surface area contributed by atoms with E-state index in [9.17, 15) is 9.18 Å². The van der Waals surface area contributed by atoms with E-state index >= 15 is 0 Å². The molecule has 0 radical (unpaired) electrons. The molecule has 4 rings (SSSR count). The molecule has 2 aromatic carbocycles. The predicted molar refractivity (Wildman–Crippen MR) is 118 cm³/mol. The molecule has 2 heterocycles. The number of hydrogen-bond acceptors (Lipinski definition) is 3. The number of nitrogens with zero attached hydrogens (tertiary/aromatic N) is 4. The number of halogens is 2. The molecule has 0 aliphatic rings. The summed E-state index contributed by atoms with van der Waals surface area (Å²) in [5.74, 6) is -0.320. The molecule has 0 spiro atoms. The van der Waals surface area contributed by atoms with E-state index < -0.39 is 5.82 Å². The normalized spacial score (nSPS) is 11.0.